The number of ether oxygens (including phenoxy) is 2. The first-order valence-corrected chi connectivity index (χ1v) is 16.6. The Bertz CT molecular complexity index is 2170. The molecule has 0 unspecified atom stereocenters. The van der Waals surface area contributed by atoms with Crippen LogP contribution in [0, 0.1) is 17.9 Å². The third-order valence-electron chi connectivity index (χ3n) is 6.73. The highest BCUT2D eigenvalue weighted by molar-refractivity contribution is 7.91. The topological polar surface area (TPSA) is 194 Å². The highest BCUT2D eigenvalue weighted by Crippen LogP contribution is 2.28. The number of halogens is 1. The molecular weight excluding hydrogens is 647 g/mol. The number of rotatable bonds is 13. The molecule has 5 rings (SSSR count). The lowest BCUT2D eigenvalue weighted by atomic mass is 9.99. The quantitative estimate of drug-likeness (QED) is 0.106. The molecular formula is C29H27FN4O10S2. The number of anilines is 1. The molecule has 0 saturated heterocycles. The minimum absolute atomic E-state index is 0.0840. The molecule has 5 aromatic rings. The molecule has 242 valence electrons. The van der Waals surface area contributed by atoms with Crippen molar-refractivity contribution in [3.63, 3.8) is 0 Å². The van der Waals surface area contributed by atoms with Crippen molar-refractivity contribution in [3.05, 3.63) is 105 Å². The van der Waals surface area contributed by atoms with Crippen molar-refractivity contribution in [1.29, 1.82) is 0 Å². The summed E-state index contributed by atoms with van der Waals surface area (Å²) in [5, 5.41) is 15.2. The van der Waals surface area contributed by atoms with Gasteiger partial charge in [0.1, 0.15) is 24.5 Å². The fourth-order valence-electron chi connectivity index (χ4n) is 4.56. The highest BCUT2D eigenvalue weighted by atomic mass is 32.2. The van der Waals surface area contributed by atoms with Crippen LogP contribution in [0.2, 0.25) is 0 Å². The third kappa shape index (κ3) is 6.80. The highest BCUT2D eigenvalue weighted by Gasteiger charge is 2.35. The van der Waals surface area contributed by atoms with Gasteiger partial charge in [-0.3, -0.25) is 9.35 Å². The van der Waals surface area contributed by atoms with E-state index in [2.05, 4.69) is 19.2 Å². The molecule has 0 fully saturated rings. The van der Waals surface area contributed by atoms with Gasteiger partial charge in [0.2, 0.25) is 0 Å². The third-order valence-corrected chi connectivity index (χ3v) is 9.61. The number of aromatic nitrogens is 2. The number of sulfone groups is 1. The zero-order valence-electron chi connectivity index (χ0n) is 24.4. The Balaban J connectivity index is 1.28. The van der Waals surface area contributed by atoms with Gasteiger partial charge >= 0.3 is 16.5 Å². The molecule has 0 amide bonds. The van der Waals surface area contributed by atoms with E-state index in [0.29, 0.717) is 10.9 Å². The molecule has 2 heterocycles. The number of hydrogen-bond acceptors (Lipinski definition) is 11. The number of benzene rings is 3. The van der Waals surface area contributed by atoms with Gasteiger partial charge in [0.15, 0.2) is 5.82 Å². The molecule has 0 saturated carbocycles. The van der Waals surface area contributed by atoms with Crippen molar-refractivity contribution in [2.75, 3.05) is 24.5 Å². The van der Waals surface area contributed by atoms with Gasteiger partial charge in [-0.1, -0.05) is 37.3 Å². The lowest BCUT2D eigenvalue weighted by Crippen LogP contribution is -2.31. The van der Waals surface area contributed by atoms with Gasteiger partial charge in [-0.05, 0) is 53.3 Å². The second-order valence-electron chi connectivity index (χ2n) is 9.76. The van der Waals surface area contributed by atoms with Crippen LogP contribution in [0.1, 0.15) is 23.6 Å². The predicted octanol–water partition coefficient (Wildman–Crippen LogP) is 3.01. The number of nitrogens with zero attached hydrogens (tertiary/aromatic N) is 2. The standard InChI is InChI=1S/C29H27FN4O10S2/c1-3-31-46(39,40)33-24-11-7-8-19(26(24)30)16-23-18(2)22-13-12-20(17-25(22)43-29(23)35)41-14-15-42-27-28(34(36)44-32-27)45(37,38)21-9-5-4-6-10-21/h4-13,17,31,33H,3,14-16H2,1-2H3. The molecule has 2 aromatic heterocycles. The summed E-state index contributed by atoms with van der Waals surface area (Å²) in [6, 6.07) is 16.1. The maximum Gasteiger partial charge on any atom is 0.415 e. The summed E-state index contributed by atoms with van der Waals surface area (Å²) >= 11 is 0. The van der Waals surface area contributed by atoms with Crippen molar-refractivity contribution >= 4 is 36.7 Å². The molecule has 17 heteroatoms. The van der Waals surface area contributed by atoms with E-state index in [9.17, 15) is 26.8 Å². The molecule has 3 aromatic carbocycles. The van der Waals surface area contributed by atoms with Gasteiger partial charge in [-0.25, -0.2) is 17.6 Å². The Kier molecular flexibility index (Phi) is 9.27. The van der Waals surface area contributed by atoms with Gasteiger partial charge in [-0.2, -0.15) is 13.1 Å². The van der Waals surface area contributed by atoms with Crippen LogP contribution in [-0.4, -0.2) is 41.8 Å². The maximum absolute atomic E-state index is 15.2. The summed E-state index contributed by atoms with van der Waals surface area (Å²) in [6.45, 7) is 3.04. The summed E-state index contributed by atoms with van der Waals surface area (Å²) < 4.78 is 90.4. The fourth-order valence-corrected chi connectivity index (χ4v) is 6.76. The van der Waals surface area contributed by atoms with Gasteiger partial charge in [0, 0.05) is 30.0 Å². The van der Waals surface area contributed by atoms with Crippen LogP contribution in [0.4, 0.5) is 10.1 Å². The van der Waals surface area contributed by atoms with Crippen LogP contribution < -0.4 is 29.4 Å². The molecule has 46 heavy (non-hydrogen) atoms. The number of aryl methyl sites for hydroxylation is 1. The summed E-state index contributed by atoms with van der Waals surface area (Å²) in [4.78, 5) is 12.6. The summed E-state index contributed by atoms with van der Waals surface area (Å²) in [7, 11) is -8.25. The fraction of sp³-hybridized carbons (Fsp3) is 0.207. The largest absolute Gasteiger partial charge is 0.490 e. The Morgan fingerprint density at radius 3 is 2.48 bits per heavy atom. The average molecular weight is 675 g/mol. The van der Waals surface area contributed by atoms with Gasteiger partial charge < -0.3 is 19.1 Å². The molecule has 0 radical (unpaired) electrons. The maximum atomic E-state index is 15.2. The normalized spacial score (nSPS) is 11.9. The Morgan fingerprint density at radius 2 is 1.74 bits per heavy atom. The molecule has 0 aliphatic carbocycles. The summed E-state index contributed by atoms with van der Waals surface area (Å²) in [6.07, 6.45) is -0.157. The number of hydrogen-bond donors (Lipinski definition) is 2. The minimum atomic E-state index is -4.28. The zero-order valence-corrected chi connectivity index (χ0v) is 26.0. The molecule has 0 atom stereocenters. The summed E-state index contributed by atoms with van der Waals surface area (Å²) in [5.41, 5.74) is 0.00979. The van der Waals surface area contributed by atoms with E-state index in [4.69, 9.17) is 13.9 Å². The minimum Gasteiger partial charge on any atom is -0.490 e. The van der Waals surface area contributed by atoms with Gasteiger partial charge in [-0.15, -0.1) is 0 Å². The lowest BCUT2D eigenvalue weighted by Gasteiger charge is -2.13. The first-order chi connectivity index (χ1) is 21.9. The van der Waals surface area contributed by atoms with Crippen LogP contribution in [-0.2, 0) is 26.5 Å². The number of fused-ring (bicyclic) bond motifs is 1. The van der Waals surface area contributed by atoms with Crippen LogP contribution in [0.5, 0.6) is 11.6 Å². The van der Waals surface area contributed by atoms with E-state index < -0.39 is 42.4 Å². The van der Waals surface area contributed by atoms with E-state index >= 15 is 4.39 Å². The van der Waals surface area contributed by atoms with Crippen molar-refractivity contribution in [1.82, 2.24) is 9.88 Å². The van der Waals surface area contributed by atoms with Gasteiger partial charge in [0.25, 0.3) is 20.0 Å². The van der Waals surface area contributed by atoms with Crippen LogP contribution >= 0.6 is 0 Å². The Hall–Kier alpha value is -5.00. The van der Waals surface area contributed by atoms with E-state index in [0.717, 1.165) is 0 Å². The van der Waals surface area contributed by atoms with Crippen molar-refractivity contribution in [2.24, 2.45) is 0 Å². The second kappa shape index (κ2) is 13.2. The number of nitrogens with one attached hydrogen (secondary N) is 2. The molecule has 0 bridgehead atoms. The van der Waals surface area contributed by atoms with Crippen molar-refractivity contribution < 1.29 is 44.6 Å². The average Bonchev–Trinajstić information content (AvgIpc) is 3.40. The van der Waals surface area contributed by atoms with Crippen LogP contribution in [0.25, 0.3) is 11.0 Å². The Morgan fingerprint density at radius 1 is 1.00 bits per heavy atom. The second-order valence-corrected chi connectivity index (χ2v) is 13.1. The first kappa shape index (κ1) is 32.4. The first-order valence-electron chi connectivity index (χ1n) is 13.7. The van der Waals surface area contributed by atoms with Crippen molar-refractivity contribution in [3.8, 4) is 11.6 Å². The predicted molar refractivity (Wildman–Crippen MR) is 161 cm³/mol. The lowest BCUT2D eigenvalue weighted by molar-refractivity contribution is -0.832. The van der Waals surface area contributed by atoms with Crippen LogP contribution in [0.15, 0.2) is 90.5 Å². The summed E-state index contributed by atoms with van der Waals surface area (Å²) in [5.74, 6) is -1.07. The smallest absolute Gasteiger partial charge is 0.415 e. The van der Waals surface area contributed by atoms with E-state index in [1.807, 2.05) is 0 Å². The molecule has 2 N–H and O–H groups in total. The molecule has 14 nitrogen and oxygen atoms in total. The molecule has 0 aliphatic rings. The monoisotopic (exact) mass is 674 g/mol. The van der Waals surface area contributed by atoms with E-state index in [1.165, 1.54) is 48.5 Å². The molecule has 0 aliphatic heterocycles. The van der Waals surface area contributed by atoms with E-state index in [-0.39, 0.29) is 64.1 Å². The molecule has 0 spiro atoms. The van der Waals surface area contributed by atoms with E-state index in [1.54, 1.807) is 32.0 Å². The SMILES string of the molecule is CCNS(=O)(=O)Nc1cccc(Cc2c(C)c3ccc(OCCOc4no[n+]([O-])c4S(=O)(=O)c4ccccc4)cc3oc2=O)c1F. The van der Waals surface area contributed by atoms with Crippen LogP contribution in [0.3, 0.4) is 0 Å². The zero-order chi connectivity index (χ0) is 33.1. The Labute approximate surface area is 262 Å². The van der Waals surface area contributed by atoms with Gasteiger partial charge in [0.05, 0.1) is 15.7 Å². The van der Waals surface area contributed by atoms with Crippen molar-refractivity contribution in [2.45, 2.75) is 30.2 Å².